The number of aromatic nitrogens is 2. The first kappa shape index (κ1) is 17.5. The lowest BCUT2D eigenvalue weighted by molar-refractivity contribution is -0.138. The first-order valence-corrected chi connectivity index (χ1v) is 9.90. The SMILES string of the molecule is O=C1CCC2(CCCN(c3nccnc3N3CCCC3)C2)CN1CCO. The highest BCUT2D eigenvalue weighted by molar-refractivity contribution is 5.77. The van der Waals surface area contributed by atoms with Crippen molar-refractivity contribution >= 4 is 17.5 Å². The molecular weight excluding hydrogens is 330 g/mol. The van der Waals surface area contributed by atoms with E-state index in [4.69, 9.17) is 4.98 Å². The van der Waals surface area contributed by atoms with Gasteiger partial charge in [-0.05, 0) is 32.1 Å². The Balaban J connectivity index is 1.55. The van der Waals surface area contributed by atoms with Crippen molar-refractivity contribution in [1.82, 2.24) is 14.9 Å². The van der Waals surface area contributed by atoms with Crippen LogP contribution in [-0.2, 0) is 4.79 Å². The fraction of sp³-hybridized carbons (Fsp3) is 0.737. The predicted molar refractivity (Wildman–Crippen MR) is 100 cm³/mol. The van der Waals surface area contributed by atoms with Gasteiger partial charge in [0.05, 0.1) is 6.61 Å². The number of anilines is 2. The van der Waals surface area contributed by atoms with Crippen LogP contribution in [0.5, 0.6) is 0 Å². The van der Waals surface area contributed by atoms with Crippen LogP contribution in [0.3, 0.4) is 0 Å². The maximum Gasteiger partial charge on any atom is 0.222 e. The summed E-state index contributed by atoms with van der Waals surface area (Å²) in [6.07, 6.45) is 9.79. The fourth-order valence-electron chi connectivity index (χ4n) is 4.85. The molecule has 4 rings (SSSR count). The molecule has 0 aromatic carbocycles. The Labute approximate surface area is 155 Å². The van der Waals surface area contributed by atoms with Gasteiger partial charge in [-0.1, -0.05) is 0 Å². The Bertz CT molecular complexity index is 649. The lowest BCUT2D eigenvalue weighted by Crippen LogP contribution is -2.54. The van der Waals surface area contributed by atoms with E-state index in [1.54, 1.807) is 12.4 Å². The van der Waals surface area contributed by atoms with Crippen LogP contribution in [0.2, 0.25) is 0 Å². The van der Waals surface area contributed by atoms with E-state index in [0.717, 1.165) is 63.6 Å². The minimum Gasteiger partial charge on any atom is -0.395 e. The van der Waals surface area contributed by atoms with Crippen molar-refractivity contribution in [2.75, 3.05) is 55.7 Å². The second kappa shape index (κ2) is 7.39. The smallest absolute Gasteiger partial charge is 0.222 e. The second-order valence-electron chi connectivity index (χ2n) is 7.96. The summed E-state index contributed by atoms with van der Waals surface area (Å²) < 4.78 is 0. The van der Waals surface area contributed by atoms with E-state index in [-0.39, 0.29) is 17.9 Å². The van der Waals surface area contributed by atoms with Gasteiger partial charge in [-0.3, -0.25) is 4.79 Å². The van der Waals surface area contributed by atoms with Crippen molar-refractivity contribution < 1.29 is 9.90 Å². The van der Waals surface area contributed by atoms with Crippen molar-refractivity contribution in [1.29, 1.82) is 0 Å². The second-order valence-corrected chi connectivity index (χ2v) is 7.96. The highest BCUT2D eigenvalue weighted by atomic mass is 16.3. The molecule has 1 aromatic rings. The van der Waals surface area contributed by atoms with Gasteiger partial charge in [0.25, 0.3) is 0 Å². The molecule has 1 aromatic heterocycles. The summed E-state index contributed by atoms with van der Waals surface area (Å²) in [5.74, 6) is 2.19. The van der Waals surface area contributed by atoms with E-state index in [0.29, 0.717) is 13.0 Å². The molecule has 1 unspecified atom stereocenters. The Hall–Kier alpha value is -1.89. The van der Waals surface area contributed by atoms with Gasteiger partial charge in [0, 0.05) is 63.5 Å². The zero-order valence-corrected chi connectivity index (χ0v) is 15.4. The fourth-order valence-corrected chi connectivity index (χ4v) is 4.85. The van der Waals surface area contributed by atoms with Crippen molar-refractivity contribution in [3.8, 4) is 0 Å². The Kier molecular flexibility index (Phi) is 4.98. The van der Waals surface area contributed by atoms with Crippen molar-refractivity contribution in [2.45, 2.75) is 38.5 Å². The number of β-amino-alcohol motifs (C(OH)–C–C–N with tert-alkyl or cyclic N) is 1. The number of aliphatic hydroxyl groups is 1. The van der Waals surface area contributed by atoms with Gasteiger partial charge in [-0.25, -0.2) is 9.97 Å². The standard InChI is InChI=1S/C19H29N5O2/c25-13-12-23-14-19(6-4-16(23)26)5-3-11-24(15-19)18-17(20-7-8-21-18)22-9-1-2-10-22/h7-8,25H,1-6,9-15H2. The zero-order chi connectivity index (χ0) is 18.0. The van der Waals surface area contributed by atoms with Crippen LogP contribution in [0.4, 0.5) is 11.6 Å². The molecule has 3 aliphatic rings. The number of piperidine rings is 2. The molecular formula is C19H29N5O2. The monoisotopic (exact) mass is 359 g/mol. The molecule has 7 nitrogen and oxygen atoms in total. The van der Waals surface area contributed by atoms with Gasteiger partial charge in [-0.15, -0.1) is 0 Å². The number of carbonyl (C=O) groups excluding carboxylic acids is 1. The summed E-state index contributed by atoms with van der Waals surface area (Å²) >= 11 is 0. The third kappa shape index (κ3) is 3.37. The highest BCUT2D eigenvalue weighted by Gasteiger charge is 2.42. The Morgan fingerprint density at radius 2 is 1.65 bits per heavy atom. The summed E-state index contributed by atoms with van der Waals surface area (Å²) in [5.41, 5.74) is 0.112. The number of aliphatic hydroxyl groups excluding tert-OH is 1. The summed E-state index contributed by atoms with van der Waals surface area (Å²) in [7, 11) is 0. The molecule has 1 atom stereocenters. The molecule has 3 aliphatic heterocycles. The van der Waals surface area contributed by atoms with Gasteiger partial charge in [0.15, 0.2) is 11.6 Å². The van der Waals surface area contributed by atoms with Gasteiger partial charge in [-0.2, -0.15) is 0 Å². The number of hydrogen-bond donors (Lipinski definition) is 1. The summed E-state index contributed by atoms with van der Waals surface area (Å²) in [5, 5.41) is 9.28. The van der Waals surface area contributed by atoms with Crippen LogP contribution >= 0.6 is 0 Å². The number of amides is 1. The topological polar surface area (TPSA) is 72.8 Å². The van der Waals surface area contributed by atoms with Crippen LogP contribution in [-0.4, -0.2) is 71.8 Å². The molecule has 0 radical (unpaired) electrons. The molecule has 1 amide bonds. The van der Waals surface area contributed by atoms with E-state index >= 15 is 0 Å². The Morgan fingerprint density at radius 3 is 2.38 bits per heavy atom. The molecule has 142 valence electrons. The van der Waals surface area contributed by atoms with E-state index in [1.807, 2.05) is 4.90 Å². The molecule has 7 heteroatoms. The summed E-state index contributed by atoms with van der Waals surface area (Å²) in [6, 6.07) is 0. The van der Waals surface area contributed by atoms with Gasteiger partial charge in [0.1, 0.15) is 0 Å². The number of carbonyl (C=O) groups is 1. The number of likely N-dealkylation sites (tertiary alicyclic amines) is 1. The van der Waals surface area contributed by atoms with Crippen LogP contribution < -0.4 is 9.80 Å². The van der Waals surface area contributed by atoms with E-state index in [1.165, 1.54) is 12.8 Å². The highest BCUT2D eigenvalue weighted by Crippen LogP contribution is 2.41. The van der Waals surface area contributed by atoms with Crippen molar-refractivity contribution in [3.63, 3.8) is 0 Å². The molecule has 1 N–H and O–H groups in total. The van der Waals surface area contributed by atoms with E-state index in [9.17, 15) is 9.90 Å². The molecule has 26 heavy (non-hydrogen) atoms. The van der Waals surface area contributed by atoms with Crippen LogP contribution in [0.25, 0.3) is 0 Å². The van der Waals surface area contributed by atoms with Gasteiger partial charge in [0.2, 0.25) is 5.91 Å². The van der Waals surface area contributed by atoms with Gasteiger partial charge >= 0.3 is 0 Å². The maximum atomic E-state index is 12.2. The molecule has 0 aliphatic carbocycles. The predicted octanol–water partition coefficient (Wildman–Crippen LogP) is 1.28. The van der Waals surface area contributed by atoms with E-state index in [2.05, 4.69) is 14.8 Å². The maximum absolute atomic E-state index is 12.2. The average molecular weight is 359 g/mol. The van der Waals surface area contributed by atoms with E-state index < -0.39 is 0 Å². The lowest BCUT2D eigenvalue weighted by Gasteiger charge is -2.48. The normalized spacial score (nSPS) is 26.8. The molecule has 4 heterocycles. The third-order valence-electron chi connectivity index (χ3n) is 6.14. The third-order valence-corrected chi connectivity index (χ3v) is 6.14. The minimum atomic E-state index is 0.0365. The average Bonchev–Trinajstić information content (AvgIpc) is 3.20. The zero-order valence-electron chi connectivity index (χ0n) is 15.4. The summed E-state index contributed by atoms with van der Waals surface area (Å²) in [4.78, 5) is 28.1. The number of rotatable bonds is 4. The quantitative estimate of drug-likeness (QED) is 0.873. The van der Waals surface area contributed by atoms with Crippen molar-refractivity contribution in [2.24, 2.45) is 5.41 Å². The van der Waals surface area contributed by atoms with Gasteiger partial charge < -0.3 is 19.8 Å². The molecule has 3 fully saturated rings. The minimum absolute atomic E-state index is 0.0365. The summed E-state index contributed by atoms with van der Waals surface area (Å²) in [6.45, 7) is 5.27. The van der Waals surface area contributed by atoms with Crippen LogP contribution in [0.1, 0.15) is 38.5 Å². The number of hydrogen-bond acceptors (Lipinski definition) is 6. The first-order valence-electron chi connectivity index (χ1n) is 9.90. The van der Waals surface area contributed by atoms with Crippen LogP contribution in [0, 0.1) is 5.41 Å². The number of nitrogens with zero attached hydrogens (tertiary/aromatic N) is 5. The molecule has 0 saturated carbocycles. The molecule has 1 spiro atoms. The Morgan fingerprint density at radius 1 is 0.962 bits per heavy atom. The molecule has 0 bridgehead atoms. The van der Waals surface area contributed by atoms with Crippen LogP contribution in [0.15, 0.2) is 12.4 Å². The molecule has 3 saturated heterocycles. The lowest BCUT2D eigenvalue weighted by atomic mass is 9.73. The van der Waals surface area contributed by atoms with Crippen molar-refractivity contribution in [3.05, 3.63) is 12.4 Å². The first-order chi connectivity index (χ1) is 12.7. The largest absolute Gasteiger partial charge is 0.395 e.